The van der Waals surface area contributed by atoms with E-state index in [2.05, 4.69) is 6.92 Å². The van der Waals surface area contributed by atoms with Crippen LogP contribution in [0, 0.1) is 12.8 Å². The monoisotopic (exact) mass is 144 g/mol. The summed E-state index contributed by atoms with van der Waals surface area (Å²) in [6, 6.07) is 0. The Balaban J connectivity index is 0. The first-order valence-electron chi connectivity index (χ1n) is 1.98. The number of ketones is 1. The first-order chi connectivity index (χ1) is 2.64. The van der Waals surface area contributed by atoms with E-state index in [0.717, 1.165) is 0 Å². The van der Waals surface area contributed by atoms with E-state index in [1.807, 2.05) is 0 Å². The van der Waals surface area contributed by atoms with E-state index in [1.165, 1.54) is 6.92 Å². The third-order valence-electron chi connectivity index (χ3n) is 0.694. The quantitative estimate of drug-likeness (QED) is 0.502. The molecule has 0 fully saturated rings. The third kappa shape index (κ3) is 6.18. The SMILES string of the molecule is [CH2-]C(C)C(C)=O.[Co]. The maximum absolute atomic E-state index is 10.1. The molecule has 0 aliphatic rings. The van der Waals surface area contributed by atoms with Crippen molar-refractivity contribution in [3.8, 4) is 0 Å². The summed E-state index contributed by atoms with van der Waals surface area (Å²) in [4.78, 5) is 10.1. The molecule has 0 amide bonds. The van der Waals surface area contributed by atoms with Gasteiger partial charge in [-0.05, 0) is 6.92 Å². The predicted octanol–water partition coefficient (Wildman–Crippen LogP) is 1.04. The van der Waals surface area contributed by atoms with Crippen molar-refractivity contribution in [1.82, 2.24) is 0 Å². The van der Waals surface area contributed by atoms with Crippen LogP contribution < -0.4 is 0 Å². The van der Waals surface area contributed by atoms with Gasteiger partial charge in [0.2, 0.25) is 0 Å². The van der Waals surface area contributed by atoms with Gasteiger partial charge in [-0.15, -0.1) is 5.92 Å². The molecular formula is C5H9CoO-. The zero-order valence-corrected chi connectivity index (χ0v) is 5.57. The van der Waals surface area contributed by atoms with Crippen LogP contribution in [0.5, 0.6) is 0 Å². The second kappa shape index (κ2) is 4.34. The Kier molecular flexibility index (Phi) is 6.33. The zero-order valence-electron chi connectivity index (χ0n) is 4.53. The van der Waals surface area contributed by atoms with Crippen LogP contribution in [0.2, 0.25) is 0 Å². The molecule has 0 aromatic heterocycles. The van der Waals surface area contributed by atoms with Gasteiger partial charge in [0.05, 0.1) is 0 Å². The van der Waals surface area contributed by atoms with Crippen molar-refractivity contribution >= 4 is 5.78 Å². The molecule has 1 unspecified atom stereocenters. The molecule has 1 atom stereocenters. The number of rotatable bonds is 1. The predicted molar refractivity (Wildman–Crippen MR) is 25.2 cm³/mol. The van der Waals surface area contributed by atoms with Crippen LogP contribution in [0.25, 0.3) is 0 Å². The molecule has 1 nitrogen and oxygen atoms in total. The Morgan fingerprint density at radius 3 is 1.86 bits per heavy atom. The Morgan fingerprint density at radius 1 is 1.71 bits per heavy atom. The number of hydrogen-bond acceptors (Lipinski definition) is 1. The van der Waals surface area contributed by atoms with Crippen molar-refractivity contribution in [2.75, 3.05) is 0 Å². The summed E-state index contributed by atoms with van der Waals surface area (Å²) in [5.41, 5.74) is 0. The fourth-order valence-corrected chi connectivity index (χ4v) is 0. The number of Topliss-reactive ketones (excluding diaryl/α,β-unsaturated/α-hetero) is 1. The van der Waals surface area contributed by atoms with Gasteiger partial charge in [0, 0.05) is 16.8 Å². The molecule has 0 rings (SSSR count). The van der Waals surface area contributed by atoms with E-state index in [4.69, 9.17) is 0 Å². The van der Waals surface area contributed by atoms with Gasteiger partial charge in [-0.2, -0.15) is 0 Å². The summed E-state index contributed by atoms with van der Waals surface area (Å²) in [6.07, 6.45) is 0. The normalized spacial score (nSPS) is 11.9. The fraction of sp³-hybridized carbons (Fsp3) is 0.600. The van der Waals surface area contributed by atoms with Crippen LogP contribution in [0.1, 0.15) is 13.8 Å². The van der Waals surface area contributed by atoms with E-state index < -0.39 is 0 Å². The average molecular weight is 144 g/mol. The minimum atomic E-state index is -0.0370. The van der Waals surface area contributed by atoms with Gasteiger partial charge in [-0.25, -0.2) is 0 Å². The van der Waals surface area contributed by atoms with Crippen LogP contribution in [0.4, 0.5) is 0 Å². The Labute approximate surface area is 54.7 Å². The van der Waals surface area contributed by atoms with Crippen molar-refractivity contribution < 1.29 is 21.6 Å². The summed E-state index contributed by atoms with van der Waals surface area (Å²) in [5.74, 6) is 0.111. The maximum Gasteiger partial charge on any atom is 0.102 e. The van der Waals surface area contributed by atoms with E-state index in [0.29, 0.717) is 0 Å². The van der Waals surface area contributed by atoms with Crippen LogP contribution in [0.15, 0.2) is 0 Å². The summed E-state index contributed by atoms with van der Waals surface area (Å²) in [7, 11) is 0. The van der Waals surface area contributed by atoms with E-state index in [-0.39, 0.29) is 28.5 Å². The van der Waals surface area contributed by atoms with E-state index in [1.54, 1.807) is 6.92 Å². The van der Waals surface area contributed by atoms with Gasteiger partial charge in [0.25, 0.3) is 0 Å². The van der Waals surface area contributed by atoms with Crippen LogP contribution >= 0.6 is 0 Å². The largest absolute Gasteiger partial charge is 0.333 e. The second-order valence-corrected chi connectivity index (χ2v) is 1.51. The first kappa shape index (κ1) is 10.2. The van der Waals surface area contributed by atoms with Gasteiger partial charge < -0.3 is 11.7 Å². The minimum absolute atomic E-state index is 0. The molecule has 0 aromatic carbocycles. The zero-order chi connectivity index (χ0) is 5.15. The Hall–Kier alpha value is 0.176. The molecule has 45 valence electrons. The Morgan fingerprint density at radius 2 is 1.86 bits per heavy atom. The maximum atomic E-state index is 10.1. The van der Waals surface area contributed by atoms with Crippen molar-refractivity contribution in [2.45, 2.75) is 13.8 Å². The van der Waals surface area contributed by atoms with E-state index in [9.17, 15) is 4.79 Å². The standard InChI is InChI=1S/C5H9O.Co/c1-4(2)5(3)6;/h4H,1H2,2-3H3;/q-1;. The molecule has 0 spiro atoms. The van der Waals surface area contributed by atoms with Crippen LogP contribution in [-0.4, -0.2) is 5.78 Å². The van der Waals surface area contributed by atoms with E-state index >= 15 is 0 Å². The molecule has 0 heterocycles. The van der Waals surface area contributed by atoms with Crippen molar-refractivity contribution in [3.63, 3.8) is 0 Å². The molecule has 2 heteroatoms. The van der Waals surface area contributed by atoms with Gasteiger partial charge in [-0.1, -0.05) is 6.92 Å². The second-order valence-electron chi connectivity index (χ2n) is 1.51. The van der Waals surface area contributed by atoms with Gasteiger partial charge >= 0.3 is 0 Å². The first-order valence-corrected chi connectivity index (χ1v) is 1.98. The topological polar surface area (TPSA) is 17.1 Å². The molecule has 0 N–H and O–H groups in total. The molecular weight excluding hydrogens is 135 g/mol. The molecule has 1 radical (unpaired) electrons. The molecule has 0 saturated heterocycles. The van der Waals surface area contributed by atoms with Crippen molar-refractivity contribution in [2.24, 2.45) is 5.92 Å². The smallest absolute Gasteiger partial charge is 0.102 e. The van der Waals surface area contributed by atoms with Crippen LogP contribution in [-0.2, 0) is 21.6 Å². The molecule has 0 aromatic rings. The molecule has 0 aliphatic heterocycles. The van der Waals surface area contributed by atoms with Gasteiger partial charge in [0.1, 0.15) is 5.78 Å². The number of carbonyl (C=O) groups is 1. The van der Waals surface area contributed by atoms with Crippen molar-refractivity contribution in [3.05, 3.63) is 6.92 Å². The van der Waals surface area contributed by atoms with Gasteiger partial charge in [-0.3, -0.25) is 0 Å². The Bertz CT molecular complexity index is 59.1. The number of carbonyl (C=O) groups excluding carboxylic acids is 1. The number of hydrogen-bond donors (Lipinski definition) is 0. The van der Waals surface area contributed by atoms with Crippen LogP contribution in [0.3, 0.4) is 0 Å². The minimum Gasteiger partial charge on any atom is -0.333 e. The molecule has 0 saturated carbocycles. The summed E-state index contributed by atoms with van der Waals surface area (Å²) >= 11 is 0. The molecule has 0 bridgehead atoms. The van der Waals surface area contributed by atoms with Crippen molar-refractivity contribution in [1.29, 1.82) is 0 Å². The summed E-state index contributed by atoms with van der Waals surface area (Å²) < 4.78 is 0. The fourth-order valence-electron chi connectivity index (χ4n) is 0. The molecule has 0 aliphatic carbocycles. The average Bonchev–Trinajstić information content (AvgIpc) is 1.36. The third-order valence-corrected chi connectivity index (χ3v) is 0.694. The molecule has 7 heavy (non-hydrogen) atoms. The van der Waals surface area contributed by atoms with Gasteiger partial charge in [0.15, 0.2) is 0 Å². The summed E-state index contributed by atoms with van der Waals surface area (Å²) in [6.45, 7) is 6.81. The summed E-state index contributed by atoms with van der Waals surface area (Å²) in [5, 5.41) is 0.